The molecule has 0 amide bonds. The number of hydrogen-bond acceptors (Lipinski definition) is 3. The van der Waals surface area contributed by atoms with Crippen molar-refractivity contribution in [1.29, 1.82) is 0 Å². The van der Waals surface area contributed by atoms with Gasteiger partial charge in [0.25, 0.3) is 0 Å². The minimum absolute atomic E-state index is 0.0524. The first-order valence-electron chi connectivity index (χ1n) is 5.85. The molecule has 6 heteroatoms. The predicted molar refractivity (Wildman–Crippen MR) is 62.3 cm³/mol. The van der Waals surface area contributed by atoms with E-state index in [1.54, 1.807) is 0 Å². The average molecular weight is 252 g/mol. The fraction of sp³-hybridized carbons (Fsp3) is 1.00. The van der Waals surface area contributed by atoms with Gasteiger partial charge in [-0.05, 0) is 31.7 Å². The highest BCUT2D eigenvalue weighted by Crippen LogP contribution is 2.24. The third kappa shape index (κ3) is 4.35. The lowest BCUT2D eigenvalue weighted by molar-refractivity contribution is 0.296. The van der Waals surface area contributed by atoms with Crippen LogP contribution in [0.15, 0.2) is 0 Å². The summed E-state index contributed by atoms with van der Waals surface area (Å²) < 4.78 is 37.8. The van der Waals surface area contributed by atoms with Crippen LogP contribution in [0.3, 0.4) is 0 Å². The van der Waals surface area contributed by atoms with Gasteiger partial charge in [-0.15, -0.1) is 0 Å². The van der Waals surface area contributed by atoms with Crippen molar-refractivity contribution in [3.05, 3.63) is 0 Å². The maximum absolute atomic E-state index is 11.9. The van der Waals surface area contributed by atoms with Crippen molar-refractivity contribution < 1.29 is 12.8 Å². The zero-order chi connectivity index (χ0) is 12.0. The summed E-state index contributed by atoms with van der Waals surface area (Å²) in [7, 11) is -3.33. The molecule has 4 nitrogen and oxygen atoms in total. The molecular weight excluding hydrogens is 231 g/mol. The van der Waals surface area contributed by atoms with Crippen LogP contribution in [-0.4, -0.2) is 33.4 Å². The number of halogens is 1. The van der Waals surface area contributed by atoms with Gasteiger partial charge in [0.1, 0.15) is 0 Å². The Morgan fingerprint density at radius 1 is 1.31 bits per heavy atom. The Kier molecular flexibility index (Phi) is 5.64. The number of hydrogen-bond donors (Lipinski definition) is 2. The molecule has 2 atom stereocenters. The summed E-state index contributed by atoms with van der Waals surface area (Å²) in [6.45, 7) is -0.0812. The van der Waals surface area contributed by atoms with Crippen LogP contribution >= 0.6 is 0 Å². The van der Waals surface area contributed by atoms with E-state index in [0.717, 1.165) is 25.7 Å². The molecule has 0 aromatic carbocycles. The van der Waals surface area contributed by atoms with Crippen molar-refractivity contribution in [2.45, 2.75) is 38.1 Å². The highest BCUT2D eigenvalue weighted by atomic mass is 32.2. The zero-order valence-corrected chi connectivity index (χ0v) is 10.3. The Labute approximate surface area is 96.8 Å². The third-order valence-electron chi connectivity index (χ3n) is 3.09. The predicted octanol–water partition coefficient (Wildman–Crippen LogP) is 0.783. The first kappa shape index (κ1) is 13.9. The van der Waals surface area contributed by atoms with Crippen molar-refractivity contribution >= 4 is 10.0 Å². The van der Waals surface area contributed by atoms with Crippen molar-refractivity contribution in [2.24, 2.45) is 11.7 Å². The molecule has 1 rings (SSSR count). The molecule has 1 aliphatic rings. The van der Waals surface area contributed by atoms with E-state index in [-0.39, 0.29) is 24.1 Å². The summed E-state index contributed by atoms with van der Waals surface area (Å²) in [6.07, 6.45) is 4.04. The topological polar surface area (TPSA) is 72.2 Å². The Balaban J connectivity index is 2.50. The van der Waals surface area contributed by atoms with Gasteiger partial charge in [-0.2, -0.15) is 0 Å². The second kappa shape index (κ2) is 6.51. The van der Waals surface area contributed by atoms with Crippen LogP contribution in [0.1, 0.15) is 32.1 Å². The van der Waals surface area contributed by atoms with E-state index in [0.29, 0.717) is 6.54 Å². The van der Waals surface area contributed by atoms with Crippen molar-refractivity contribution in [1.82, 2.24) is 4.72 Å². The third-order valence-corrected chi connectivity index (χ3v) is 4.58. The standard InChI is InChI=1S/C10H21FN2O2S/c11-6-3-7-16(14,15)13-10-5-2-1-4-9(10)8-12/h9-10,13H,1-8,12H2/t9-,10-/m0/s1. The fourth-order valence-electron chi connectivity index (χ4n) is 2.18. The summed E-state index contributed by atoms with van der Waals surface area (Å²) in [5.41, 5.74) is 5.62. The van der Waals surface area contributed by atoms with Gasteiger partial charge in [0.15, 0.2) is 0 Å². The minimum Gasteiger partial charge on any atom is -0.330 e. The summed E-state index contributed by atoms with van der Waals surface area (Å²) in [5.74, 6) is 0.103. The van der Waals surface area contributed by atoms with E-state index in [1.165, 1.54) is 0 Å². The number of nitrogens with two attached hydrogens (primary N) is 1. The quantitative estimate of drug-likeness (QED) is 0.734. The van der Waals surface area contributed by atoms with Crippen LogP contribution in [-0.2, 0) is 10.0 Å². The van der Waals surface area contributed by atoms with Gasteiger partial charge in [-0.1, -0.05) is 12.8 Å². The van der Waals surface area contributed by atoms with Gasteiger partial charge >= 0.3 is 0 Å². The highest BCUT2D eigenvalue weighted by Gasteiger charge is 2.27. The molecule has 96 valence electrons. The lowest BCUT2D eigenvalue weighted by atomic mass is 9.85. The van der Waals surface area contributed by atoms with Gasteiger partial charge in [-0.3, -0.25) is 4.39 Å². The van der Waals surface area contributed by atoms with Gasteiger partial charge < -0.3 is 5.73 Å². The maximum Gasteiger partial charge on any atom is 0.211 e. The van der Waals surface area contributed by atoms with Crippen LogP contribution in [0, 0.1) is 5.92 Å². The Morgan fingerprint density at radius 3 is 2.62 bits per heavy atom. The van der Waals surface area contributed by atoms with Crippen molar-refractivity contribution in [2.75, 3.05) is 19.0 Å². The molecule has 0 bridgehead atoms. The molecule has 0 spiro atoms. The second-order valence-electron chi connectivity index (χ2n) is 4.37. The number of rotatable bonds is 6. The molecule has 0 aromatic rings. The lowest BCUT2D eigenvalue weighted by Gasteiger charge is -2.30. The number of alkyl halides is 1. The van der Waals surface area contributed by atoms with E-state index in [4.69, 9.17) is 5.73 Å². The van der Waals surface area contributed by atoms with Crippen LogP contribution in [0.5, 0.6) is 0 Å². The number of sulfonamides is 1. The molecule has 1 fully saturated rings. The maximum atomic E-state index is 11.9. The van der Waals surface area contributed by atoms with Crippen molar-refractivity contribution in [3.63, 3.8) is 0 Å². The molecule has 0 radical (unpaired) electrons. The molecule has 0 aromatic heterocycles. The summed E-state index contributed by atoms with van der Waals surface area (Å²) >= 11 is 0. The zero-order valence-electron chi connectivity index (χ0n) is 9.49. The molecule has 16 heavy (non-hydrogen) atoms. The largest absolute Gasteiger partial charge is 0.330 e. The van der Waals surface area contributed by atoms with E-state index in [2.05, 4.69) is 4.72 Å². The van der Waals surface area contributed by atoms with Gasteiger partial charge in [-0.25, -0.2) is 13.1 Å². The van der Waals surface area contributed by atoms with E-state index in [9.17, 15) is 12.8 Å². The first-order valence-corrected chi connectivity index (χ1v) is 7.50. The number of nitrogens with one attached hydrogen (secondary N) is 1. The summed E-state index contributed by atoms with van der Waals surface area (Å²) in [4.78, 5) is 0. The highest BCUT2D eigenvalue weighted by molar-refractivity contribution is 7.89. The average Bonchev–Trinajstić information content (AvgIpc) is 2.27. The molecule has 1 aliphatic carbocycles. The first-order chi connectivity index (χ1) is 7.59. The Hall–Kier alpha value is -0.200. The lowest BCUT2D eigenvalue weighted by Crippen LogP contribution is -2.45. The monoisotopic (exact) mass is 252 g/mol. The van der Waals surface area contributed by atoms with Gasteiger partial charge in [0, 0.05) is 6.04 Å². The van der Waals surface area contributed by atoms with E-state index < -0.39 is 16.7 Å². The van der Waals surface area contributed by atoms with Gasteiger partial charge in [0.05, 0.1) is 12.4 Å². The molecule has 0 unspecified atom stereocenters. The van der Waals surface area contributed by atoms with Crippen LogP contribution < -0.4 is 10.5 Å². The fourth-order valence-corrected chi connectivity index (χ4v) is 3.56. The molecule has 0 aliphatic heterocycles. The molecule has 1 saturated carbocycles. The van der Waals surface area contributed by atoms with Crippen LogP contribution in [0.4, 0.5) is 4.39 Å². The molecule has 0 saturated heterocycles. The summed E-state index contributed by atoms with van der Waals surface area (Å²) in [6, 6.07) is -0.0524. The molecule has 3 N–H and O–H groups in total. The Bertz CT molecular complexity index is 295. The minimum atomic E-state index is -3.33. The van der Waals surface area contributed by atoms with Crippen LogP contribution in [0.2, 0.25) is 0 Å². The molecule has 0 heterocycles. The SMILES string of the molecule is NC[C@@H]1CCCC[C@@H]1NS(=O)(=O)CCCF. The molecular formula is C10H21FN2O2S. The smallest absolute Gasteiger partial charge is 0.211 e. The Morgan fingerprint density at radius 2 is 2.00 bits per heavy atom. The second-order valence-corrected chi connectivity index (χ2v) is 6.24. The van der Waals surface area contributed by atoms with E-state index >= 15 is 0 Å². The van der Waals surface area contributed by atoms with Crippen molar-refractivity contribution in [3.8, 4) is 0 Å². The summed E-state index contributed by atoms with van der Waals surface area (Å²) in [5, 5.41) is 0. The van der Waals surface area contributed by atoms with Crippen LogP contribution in [0.25, 0.3) is 0 Å². The van der Waals surface area contributed by atoms with E-state index in [1.807, 2.05) is 0 Å². The van der Waals surface area contributed by atoms with Gasteiger partial charge in [0.2, 0.25) is 10.0 Å². The normalized spacial score (nSPS) is 26.9.